The molecule has 5 nitrogen and oxygen atoms in total. The molecule has 6 heteroatoms. The minimum atomic E-state index is -0.0929. The smallest absolute Gasteiger partial charge is 0.179 e. The molecule has 0 spiro atoms. The van der Waals surface area contributed by atoms with E-state index in [0.29, 0.717) is 28.7 Å². The molecule has 27 heavy (non-hydrogen) atoms. The molecule has 0 saturated heterocycles. The first kappa shape index (κ1) is 20.7. The Morgan fingerprint density at radius 1 is 0.963 bits per heavy atom. The van der Waals surface area contributed by atoms with Gasteiger partial charge in [-0.25, -0.2) is 0 Å². The standard InChI is InChI=1S/C21H24ClNO4/c1-21(2,3)16-12-15(24-4)6-7-18(16)26-8-9-27-20-17(22)10-14(13-23)11-19(20)25-5/h6-7,10-12H,8-9H2,1-5H3. The molecular weight excluding hydrogens is 366 g/mol. The molecule has 0 aliphatic rings. The van der Waals surface area contributed by atoms with E-state index in [-0.39, 0.29) is 12.0 Å². The van der Waals surface area contributed by atoms with Crippen LogP contribution >= 0.6 is 11.6 Å². The lowest BCUT2D eigenvalue weighted by molar-refractivity contribution is 0.208. The lowest BCUT2D eigenvalue weighted by Gasteiger charge is -2.23. The third kappa shape index (κ3) is 5.21. The van der Waals surface area contributed by atoms with Crippen LogP contribution in [0.2, 0.25) is 5.02 Å². The number of hydrogen-bond acceptors (Lipinski definition) is 5. The van der Waals surface area contributed by atoms with Crippen LogP contribution in [0.4, 0.5) is 0 Å². The largest absolute Gasteiger partial charge is 0.497 e. The Bertz CT molecular complexity index is 837. The predicted octanol–water partition coefficient (Wildman–Crippen LogP) is 4.98. The fraction of sp³-hybridized carbons (Fsp3) is 0.381. The van der Waals surface area contributed by atoms with Gasteiger partial charge in [0.15, 0.2) is 11.5 Å². The van der Waals surface area contributed by atoms with Crippen molar-refractivity contribution in [1.82, 2.24) is 0 Å². The number of methoxy groups -OCH3 is 2. The van der Waals surface area contributed by atoms with Crippen LogP contribution in [0.3, 0.4) is 0 Å². The van der Waals surface area contributed by atoms with Crippen LogP contribution in [0, 0.1) is 11.3 Å². The van der Waals surface area contributed by atoms with E-state index in [1.54, 1.807) is 19.2 Å². The number of nitriles is 1. The van der Waals surface area contributed by atoms with Gasteiger partial charge in [-0.05, 0) is 29.7 Å². The van der Waals surface area contributed by atoms with Gasteiger partial charge in [0, 0.05) is 11.6 Å². The predicted molar refractivity (Wildman–Crippen MR) is 105 cm³/mol. The zero-order chi connectivity index (χ0) is 20.0. The summed E-state index contributed by atoms with van der Waals surface area (Å²) in [5.41, 5.74) is 1.37. The molecular formula is C21H24ClNO4. The fourth-order valence-electron chi connectivity index (χ4n) is 2.57. The second kappa shape index (κ2) is 8.88. The minimum Gasteiger partial charge on any atom is -0.497 e. The molecule has 0 N–H and O–H groups in total. The first-order chi connectivity index (χ1) is 12.8. The van der Waals surface area contributed by atoms with E-state index in [2.05, 4.69) is 20.8 Å². The van der Waals surface area contributed by atoms with Crippen molar-refractivity contribution in [3.63, 3.8) is 0 Å². The van der Waals surface area contributed by atoms with E-state index in [0.717, 1.165) is 17.1 Å². The average Bonchev–Trinajstić information content (AvgIpc) is 2.64. The lowest BCUT2D eigenvalue weighted by Crippen LogP contribution is -2.16. The maximum absolute atomic E-state index is 9.01. The molecule has 0 saturated carbocycles. The molecule has 2 aromatic rings. The summed E-state index contributed by atoms with van der Waals surface area (Å²) in [4.78, 5) is 0. The lowest BCUT2D eigenvalue weighted by atomic mass is 9.86. The summed E-state index contributed by atoms with van der Waals surface area (Å²) < 4.78 is 22.2. The third-order valence-corrected chi connectivity index (χ3v) is 4.22. The summed E-state index contributed by atoms with van der Waals surface area (Å²) >= 11 is 6.20. The number of nitrogens with zero attached hydrogens (tertiary/aromatic N) is 1. The van der Waals surface area contributed by atoms with Crippen LogP contribution in [0.1, 0.15) is 31.9 Å². The summed E-state index contributed by atoms with van der Waals surface area (Å²) in [5, 5.41) is 9.33. The van der Waals surface area contributed by atoms with Gasteiger partial charge in [-0.15, -0.1) is 0 Å². The first-order valence-electron chi connectivity index (χ1n) is 8.52. The van der Waals surface area contributed by atoms with Gasteiger partial charge in [0.25, 0.3) is 0 Å². The summed E-state index contributed by atoms with van der Waals surface area (Å²) in [5.74, 6) is 2.38. The van der Waals surface area contributed by atoms with Crippen LogP contribution in [-0.4, -0.2) is 27.4 Å². The summed E-state index contributed by atoms with van der Waals surface area (Å²) in [6.07, 6.45) is 0. The minimum absolute atomic E-state index is 0.0929. The molecule has 0 atom stereocenters. The number of ether oxygens (including phenoxy) is 4. The Labute approximate surface area is 165 Å². The van der Waals surface area contributed by atoms with Crippen molar-refractivity contribution in [2.75, 3.05) is 27.4 Å². The van der Waals surface area contributed by atoms with Crippen LogP contribution in [0.25, 0.3) is 0 Å². The highest BCUT2D eigenvalue weighted by atomic mass is 35.5. The Balaban J connectivity index is 2.07. The second-order valence-electron chi connectivity index (χ2n) is 6.91. The van der Waals surface area contributed by atoms with Crippen LogP contribution in [0.5, 0.6) is 23.0 Å². The quantitative estimate of drug-likeness (QED) is 0.624. The molecule has 0 unspecified atom stereocenters. The van der Waals surface area contributed by atoms with Gasteiger partial charge in [-0.1, -0.05) is 32.4 Å². The molecule has 0 aliphatic carbocycles. The van der Waals surface area contributed by atoms with Crippen molar-refractivity contribution in [1.29, 1.82) is 5.26 Å². The summed E-state index contributed by atoms with van der Waals surface area (Å²) in [6, 6.07) is 10.9. The van der Waals surface area contributed by atoms with Gasteiger partial charge >= 0.3 is 0 Å². The maximum atomic E-state index is 9.01. The molecule has 2 rings (SSSR count). The monoisotopic (exact) mass is 389 g/mol. The highest BCUT2D eigenvalue weighted by Gasteiger charge is 2.20. The number of benzene rings is 2. The van der Waals surface area contributed by atoms with E-state index in [9.17, 15) is 0 Å². The molecule has 0 heterocycles. The Kier molecular flexibility index (Phi) is 6.81. The molecule has 0 fully saturated rings. The van der Waals surface area contributed by atoms with E-state index in [1.807, 2.05) is 24.3 Å². The van der Waals surface area contributed by atoms with E-state index < -0.39 is 0 Å². The zero-order valence-electron chi connectivity index (χ0n) is 16.3. The normalized spacial score (nSPS) is 10.9. The van der Waals surface area contributed by atoms with Crippen LogP contribution < -0.4 is 18.9 Å². The Morgan fingerprint density at radius 2 is 1.67 bits per heavy atom. The van der Waals surface area contributed by atoms with E-state index in [4.69, 9.17) is 35.8 Å². The van der Waals surface area contributed by atoms with Crippen molar-refractivity contribution >= 4 is 11.6 Å². The molecule has 0 bridgehead atoms. The van der Waals surface area contributed by atoms with Crippen molar-refractivity contribution in [2.45, 2.75) is 26.2 Å². The van der Waals surface area contributed by atoms with Crippen molar-refractivity contribution in [3.8, 4) is 29.1 Å². The Hall–Kier alpha value is -2.58. The van der Waals surface area contributed by atoms with Gasteiger partial charge in [0.05, 0.1) is 30.9 Å². The molecule has 144 valence electrons. The molecule has 0 aliphatic heterocycles. The Morgan fingerprint density at radius 3 is 2.26 bits per heavy atom. The van der Waals surface area contributed by atoms with Gasteiger partial charge in [0.1, 0.15) is 24.7 Å². The highest BCUT2D eigenvalue weighted by Crippen LogP contribution is 2.37. The van der Waals surface area contributed by atoms with Gasteiger partial charge in [-0.2, -0.15) is 5.26 Å². The molecule has 0 aromatic heterocycles. The van der Waals surface area contributed by atoms with Gasteiger partial charge in [0.2, 0.25) is 0 Å². The van der Waals surface area contributed by atoms with Gasteiger partial charge < -0.3 is 18.9 Å². The van der Waals surface area contributed by atoms with Crippen molar-refractivity contribution in [3.05, 3.63) is 46.5 Å². The summed E-state index contributed by atoms with van der Waals surface area (Å²) in [7, 11) is 3.15. The van der Waals surface area contributed by atoms with Crippen LogP contribution in [-0.2, 0) is 5.41 Å². The van der Waals surface area contributed by atoms with E-state index in [1.165, 1.54) is 7.11 Å². The number of rotatable bonds is 7. The summed E-state index contributed by atoms with van der Waals surface area (Å²) in [6.45, 7) is 6.96. The maximum Gasteiger partial charge on any atom is 0.179 e. The average molecular weight is 390 g/mol. The zero-order valence-corrected chi connectivity index (χ0v) is 17.0. The number of halogens is 1. The second-order valence-corrected chi connectivity index (χ2v) is 7.32. The third-order valence-electron chi connectivity index (χ3n) is 3.94. The molecule has 0 amide bonds. The van der Waals surface area contributed by atoms with Gasteiger partial charge in [-0.3, -0.25) is 0 Å². The van der Waals surface area contributed by atoms with E-state index >= 15 is 0 Å². The topological polar surface area (TPSA) is 60.7 Å². The molecule has 2 aromatic carbocycles. The van der Waals surface area contributed by atoms with Crippen LogP contribution in [0.15, 0.2) is 30.3 Å². The highest BCUT2D eigenvalue weighted by molar-refractivity contribution is 6.32. The first-order valence-corrected chi connectivity index (χ1v) is 8.89. The van der Waals surface area contributed by atoms with Crippen molar-refractivity contribution in [2.24, 2.45) is 0 Å². The number of hydrogen-bond donors (Lipinski definition) is 0. The molecule has 0 radical (unpaired) electrons. The fourth-order valence-corrected chi connectivity index (χ4v) is 2.83. The SMILES string of the molecule is COc1ccc(OCCOc2c(Cl)cc(C#N)cc2OC)c(C(C)(C)C)c1. The van der Waals surface area contributed by atoms with Crippen molar-refractivity contribution < 1.29 is 18.9 Å².